The minimum absolute atomic E-state index is 0.0757. The fraction of sp³-hybridized carbons (Fsp3) is 0.286. The zero-order valence-electron chi connectivity index (χ0n) is 16.8. The largest absolute Gasteiger partial charge is 0.487 e. The highest BCUT2D eigenvalue weighted by Gasteiger charge is 2.32. The molecule has 0 aliphatic carbocycles. The highest BCUT2D eigenvalue weighted by molar-refractivity contribution is 7.80. The van der Waals surface area contributed by atoms with Crippen molar-refractivity contribution in [3.63, 3.8) is 0 Å². The number of aromatic nitrogens is 4. The van der Waals surface area contributed by atoms with E-state index in [-0.39, 0.29) is 18.5 Å². The molecule has 0 bridgehead atoms. The van der Waals surface area contributed by atoms with E-state index in [4.69, 9.17) is 21.7 Å². The molecule has 1 N–H and O–H groups in total. The molecule has 158 valence electrons. The van der Waals surface area contributed by atoms with Crippen LogP contribution in [0.2, 0.25) is 0 Å². The predicted octanol–water partition coefficient (Wildman–Crippen LogP) is 1.75. The third-order valence-electron chi connectivity index (χ3n) is 5.24. The van der Waals surface area contributed by atoms with Crippen molar-refractivity contribution >= 4 is 28.9 Å². The van der Waals surface area contributed by atoms with E-state index in [1.54, 1.807) is 28.9 Å². The molecule has 2 aromatic heterocycles. The van der Waals surface area contributed by atoms with Gasteiger partial charge in [0.1, 0.15) is 23.7 Å². The molecule has 0 unspecified atom stereocenters. The number of carbonyl (C=O) groups excluding carboxylic acids is 1. The smallest absolute Gasteiger partial charge is 0.291 e. The van der Waals surface area contributed by atoms with E-state index in [9.17, 15) is 4.79 Å². The maximum atomic E-state index is 13.0. The molecule has 2 aliphatic heterocycles. The Morgan fingerprint density at radius 3 is 2.90 bits per heavy atom. The molecule has 31 heavy (non-hydrogen) atoms. The van der Waals surface area contributed by atoms with E-state index in [1.165, 1.54) is 0 Å². The maximum absolute atomic E-state index is 13.0. The quantitative estimate of drug-likeness (QED) is 0.621. The monoisotopic (exact) mass is 436 g/mol. The summed E-state index contributed by atoms with van der Waals surface area (Å²) in [4.78, 5) is 24.0. The van der Waals surface area contributed by atoms with Crippen LogP contribution in [0.4, 0.5) is 5.82 Å². The van der Waals surface area contributed by atoms with Crippen LogP contribution in [0.1, 0.15) is 28.1 Å². The second kappa shape index (κ2) is 8.05. The molecule has 0 spiro atoms. The number of nitrogens with one attached hydrogen (secondary N) is 1. The Morgan fingerprint density at radius 2 is 2.06 bits per heavy atom. The Morgan fingerprint density at radius 1 is 1.23 bits per heavy atom. The summed E-state index contributed by atoms with van der Waals surface area (Å²) in [5, 5.41) is 7.30. The van der Waals surface area contributed by atoms with Gasteiger partial charge in [-0.2, -0.15) is 0 Å². The molecule has 0 radical (unpaired) electrons. The summed E-state index contributed by atoms with van der Waals surface area (Å²) in [5.74, 6) is 1.49. The van der Waals surface area contributed by atoms with Crippen LogP contribution < -0.4 is 15.0 Å². The van der Waals surface area contributed by atoms with Crippen LogP contribution in [0.25, 0.3) is 0 Å². The van der Waals surface area contributed by atoms with Crippen molar-refractivity contribution in [2.45, 2.75) is 18.7 Å². The average molecular weight is 436 g/mol. The summed E-state index contributed by atoms with van der Waals surface area (Å²) in [6.07, 6.45) is 1.31. The maximum Gasteiger partial charge on any atom is 0.291 e. The zero-order valence-corrected chi connectivity index (χ0v) is 17.6. The minimum Gasteiger partial charge on any atom is -0.487 e. The lowest BCUT2D eigenvalue weighted by Gasteiger charge is -2.22. The van der Waals surface area contributed by atoms with Crippen LogP contribution in [0.15, 0.2) is 48.7 Å². The van der Waals surface area contributed by atoms with Crippen LogP contribution in [0, 0.1) is 0 Å². The number of rotatable bonds is 3. The van der Waals surface area contributed by atoms with Gasteiger partial charge in [0.05, 0.1) is 13.2 Å². The number of benzene rings is 1. The molecule has 10 heteroatoms. The first-order valence-electron chi connectivity index (χ1n) is 9.89. The fourth-order valence-corrected chi connectivity index (χ4v) is 3.88. The van der Waals surface area contributed by atoms with E-state index in [0.717, 1.165) is 5.56 Å². The van der Waals surface area contributed by atoms with Crippen molar-refractivity contribution in [3.05, 3.63) is 65.9 Å². The molecule has 5 rings (SSSR count). The Hall–Kier alpha value is -3.37. The highest BCUT2D eigenvalue weighted by Crippen LogP contribution is 2.29. The van der Waals surface area contributed by atoms with Crippen LogP contribution in [-0.2, 0) is 11.3 Å². The first-order valence-corrected chi connectivity index (χ1v) is 10.3. The average Bonchev–Trinajstić information content (AvgIpc) is 3.22. The van der Waals surface area contributed by atoms with Gasteiger partial charge in [0, 0.05) is 13.2 Å². The van der Waals surface area contributed by atoms with Gasteiger partial charge in [-0.15, -0.1) is 5.10 Å². The third-order valence-corrected chi connectivity index (χ3v) is 5.79. The Labute approximate surface area is 184 Å². The van der Waals surface area contributed by atoms with Gasteiger partial charge >= 0.3 is 0 Å². The number of hydrogen-bond acceptors (Lipinski definition) is 7. The number of carbonyl (C=O) groups is 1. The van der Waals surface area contributed by atoms with Crippen LogP contribution in [-0.4, -0.2) is 56.9 Å². The SMILES string of the molecule is CN1C(=S)[C@@H](NC(=O)c2nc3n(n2)CCO[C@H]3c2ccccc2)COc2cccnc21. The molecule has 9 nitrogen and oxygen atoms in total. The Bertz CT molecular complexity index is 1140. The summed E-state index contributed by atoms with van der Waals surface area (Å²) in [7, 11) is 1.80. The number of amides is 1. The number of nitrogens with zero attached hydrogens (tertiary/aromatic N) is 5. The number of ether oxygens (including phenoxy) is 2. The van der Waals surface area contributed by atoms with Gasteiger partial charge in [0.2, 0.25) is 5.82 Å². The normalized spacial score (nSPS) is 20.3. The standard InChI is InChI=1S/C21H20N6O3S/c1-26-18-15(8-5-9-22-18)30-12-14(21(26)31)23-20(28)17-24-19-16(13-6-3-2-4-7-13)29-11-10-27(19)25-17/h2-9,14,16H,10-12H2,1H3,(H,23,28)/t14-,16-/m0/s1. The predicted molar refractivity (Wildman–Crippen MR) is 116 cm³/mol. The Kier molecular flexibility index (Phi) is 5.08. The lowest BCUT2D eigenvalue weighted by molar-refractivity contribution is 0.0389. The van der Waals surface area contributed by atoms with Gasteiger partial charge in [0.15, 0.2) is 17.4 Å². The van der Waals surface area contributed by atoms with Crippen molar-refractivity contribution in [1.29, 1.82) is 0 Å². The molecule has 2 atom stereocenters. The van der Waals surface area contributed by atoms with Gasteiger partial charge in [-0.05, 0) is 17.7 Å². The zero-order chi connectivity index (χ0) is 21.4. The van der Waals surface area contributed by atoms with E-state index in [0.29, 0.717) is 35.5 Å². The van der Waals surface area contributed by atoms with Crippen molar-refractivity contribution in [2.24, 2.45) is 0 Å². The number of pyridine rings is 1. The molecule has 1 aromatic carbocycles. The van der Waals surface area contributed by atoms with E-state index < -0.39 is 11.9 Å². The summed E-state index contributed by atoms with van der Waals surface area (Å²) in [6.45, 7) is 1.22. The van der Waals surface area contributed by atoms with Gasteiger partial charge in [-0.3, -0.25) is 4.79 Å². The van der Waals surface area contributed by atoms with Crippen molar-refractivity contribution in [1.82, 2.24) is 25.1 Å². The summed E-state index contributed by atoms with van der Waals surface area (Å²) < 4.78 is 13.5. The molecule has 2 aliphatic rings. The second-order valence-corrected chi connectivity index (χ2v) is 7.66. The number of hydrogen-bond donors (Lipinski definition) is 1. The van der Waals surface area contributed by atoms with Crippen LogP contribution >= 0.6 is 12.2 Å². The molecule has 0 saturated heterocycles. The molecule has 0 saturated carbocycles. The van der Waals surface area contributed by atoms with Gasteiger partial charge in [-0.1, -0.05) is 42.5 Å². The minimum atomic E-state index is -0.525. The van der Waals surface area contributed by atoms with Crippen LogP contribution in [0.3, 0.4) is 0 Å². The number of anilines is 1. The lowest BCUT2D eigenvalue weighted by atomic mass is 10.1. The lowest BCUT2D eigenvalue weighted by Crippen LogP contribution is -2.48. The van der Waals surface area contributed by atoms with E-state index in [2.05, 4.69) is 20.4 Å². The summed E-state index contributed by atoms with van der Waals surface area (Å²) in [6, 6.07) is 12.9. The van der Waals surface area contributed by atoms with Crippen molar-refractivity contribution in [3.8, 4) is 5.75 Å². The second-order valence-electron chi connectivity index (χ2n) is 7.24. The van der Waals surface area contributed by atoms with Crippen molar-refractivity contribution < 1.29 is 14.3 Å². The molecular formula is C21H20N6O3S. The number of likely N-dealkylation sites (N-methyl/N-ethyl adjacent to an activating group) is 1. The summed E-state index contributed by atoms with van der Waals surface area (Å²) >= 11 is 5.58. The van der Waals surface area contributed by atoms with Crippen LogP contribution in [0.5, 0.6) is 5.75 Å². The van der Waals surface area contributed by atoms with Gasteiger partial charge in [-0.25, -0.2) is 14.6 Å². The van der Waals surface area contributed by atoms with Gasteiger partial charge in [0.25, 0.3) is 5.91 Å². The van der Waals surface area contributed by atoms with E-state index >= 15 is 0 Å². The molecule has 3 aromatic rings. The van der Waals surface area contributed by atoms with Crippen molar-refractivity contribution in [2.75, 3.05) is 25.2 Å². The molecule has 0 fully saturated rings. The van der Waals surface area contributed by atoms with Gasteiger partial charge < -0.3 is 19.7 Å². The highest BCUT2D eigenvalue weighted by atomic mass is 32.1. The topological polar surface area (TPSA) is 94.4 Å². The first kappa shape index (κ1) is 19.6. The molecule has 4 heterocycles. The number of thiocarbonyl (C=S) groups is 1. The van der Waals surface area contributed by atoms with E-state index in [1.807, 2.05) is 36.4 Å². The molecular weight excluding hydrogens is 416 g/mol. The third kappa shape index (κ3) is 3.64. The number of fused-ring (bicyclic) bond motifs is 2. The molecule has 1 amide bonds. The Balaban J connectivity index is 1.36. The fourth-order valence-electron chi connectivity index (χ4n) is 3.67. The first-order chi connectivity index (χ1) is 15.1. The summed E-state index contributed by atoms with van der Waals surface area (Å²) in [5.41, 5.74) is 0.966.